The summed E-state index contributed by atoms with van der Waals surface area (Å²) in [5.74, 6) is 0.959. The molecule has 2 heterocycles. The highest BCUT2D eigenvalue weighted by atomic mass is 19.1. The van der Waals surface area contributed by atoms with Crippen LogP contribution in [-0.4, -0.2) is 47.4 Å². The molecule has 35 heavy (non-hydrogen) atoms. The number of carbonyl (C=O) groups is 2. The summed E-state index contributed by atoms with van der Waals surface area (Å²) in [6.45, 7) is 5.74. The lowest BCUT2D eigenvalue weighted by Crippen LogP contribution is -2.45. The number of hydrogen-bond acceptors (Lipinski definition) is 4. The molecule has 2 aromatic rings. The average Bonchev–Trinajstić information content (AvgIpc) is 3.50. The van der Waals surface area contributed by atoms with Crippen LogP contribution in [0.1, 0.15) is 75.4 Å². The Morgan fingerprint density at radius 1 is 0.971 bits per heavy atom. The van der Waals surface area contributed by atoms with Gasteiger partial charge in [-0.25, -0.2) is 4.39 Å². The summed E-state index contributed by atoms with van der Waals surface area (Å²) in [4.78, 5) is 30.0. The van der Waals surface area contributed by atoms with Crippen LogP contribution in [0.15, 0.2) is 40.8 Å². The lowest BCUT2D eigenvalue weighted by molar-refractivity contribution is -0.142. The first kappa shape index (κ1) is 26.9. The summed E-state index contributed by atoms with van der Waals surface area (Å²) in [6.07, 6.45) is 7.62. The maximum atomic E-state index is 13.5. The van der Waals surface area contributed by atoms with E-state index in [0.717, 1.165) is 49.8 Å². The van der Waals surface area contributed by atoms with E-state index in [1.807, 2.05) is 19.1 Å². The molecule has 6 nitrogen and oxygen atoms in total. The van der Waals surface area contributed by atoms with Gasteiger partial charge in [0.2, 0.25) is 11.8 Å². The van der Waals surface area contributed by atoms with Crippen molar-refractivity contribution in [2.24, 2.45) is 0 Å². The van der Waals surface area contributed by atoms with Crippen LogP contribution >= 0.6 is 0 Å². The van der Waals surface area contributed by atoms with Gasteiger partial charge in [-0.15, -0.1) is 0 Å². The highest BCUT2D eigenvalue weighted by molar-refractivity contribution is 5.85. The second kappa shape index (κ2) is 14.0. The number of aryl methyl sites for hydroxylation is 1. The van der Waals surface area contributed by atoms with E-state index in [1.165, 1.54) is 18.6 Å². The lowest BCUT2D eigenvalue weighted by atomic mass is 10.1. The largest absolute Gasteiger partial charge is 0.464 e. The number of furan rings is 1. The monoisotopic (exact) mass is 486 g/mol. The van der Waals surface area contributed by atoms with Gasteiger partial charge in [-0.2, -0.15) is 0 Å². The minimum atomic E-state index is -0.319. The second-order valence-corrected chi connectivity index (χ2v) is 9.46. The normalized spacial score (nSPS) is 15.3. The quantitative estimate of drug-likeness (QED) is 0.325. The Balaban J connectivity index is 1.69. The van der Waals surface area contributed by atoms with Crippen molar-refractivity contribution < 1.29 is 23.1 Å². The number of carbonyl (C=O) groups excluding carboxylic acids is 2. The molecule has 0 N–H and O–H groups in total. The third kappa shape index (κ3) is 9.13. The second-order valence-electron chi connectivity index (χ2n) is 9.46. The molecule has 0 saturated carbocycles. The van der Waals surface area contributed by atoms with E-state index >= 15 is 0 Å². The molecule has 1 atom stereocenters. The first-order chi connectivity index (χ1) is 16.9. The van der Waals surface area contributed by atoms with E-state index in [0.29, 0.717) is 31.9 Å². The van der Waals surface area contributed by atoms with Crippen molar-refractivity contribution >= 4 is 11.8 Å². The summed E-state index contributed by atoms with van der Waals surface area (Å²) >= 11 is 0. The molecule has 7 heteroatoms. The zero-order valence-corrected chi connectivity index (χ0v) is 21.1. The molecule has 0 bridgehead atoms. The molecular weight excluding hydrogens is 447 g/mol. The first-order valence-corrected chi connectivity index (χ1v) is 12.9. The molecule has 1 fully saturated rings. The number of unbranched alkanes of at least 4 members (excludes halogenated alkanes) is 4. The van der Waals surface area contributed by atoms with E-state index in [4.69, 9.17) is 9.15 Å². The first-order valence-electron chi connectivity index (χ1n) is 12.9. The standard InChI is InChI=1S/C28H39FN2O4/c1-3-4-5-6-7-10-27(32)31(19-25-9-8-17-34-25)21-28(33)30(20-26-16-11-22(2)35-26)18-23-12-14-24(29)15-13-23/h11-16,25H,3-10,17-21H2,1-2H3. The molecule has 1 aromatic carbocycles. The van der Waals surface area contributed by atoms with Crippen molar-refractivity contribution in [2.45, 2.75) is 84.4 Å². The Kier molecular flexibility index (Phi) is 10.8. The molecular formula is C28H39FN2O4. The van der Waals surface area contributed by atoms with Gasteiger partial charge in [0, 0.05) is 26.1 Å². The summed E-state index contributed by atoms with van der Waals surface area (Å²) in [5, 5.41) is 0. The highest BCUT2D eigenvalue weighted by Crippen LogP contribution is 2.18. The van der Waals surface area contributed by atoms with Crippen molar-refractivity contribution in [3.63, 3.8) is 0 Å². The van der Waals surface area contributed by atoms with E-state index in [2.05, 4.69) is 6.92 Å². The predicted molar refractivity (Wildman–Crippen MR) is 133 cm³/mol. The van der Waals surface area contributed by atoms with Crippen LogP contribution in [0.25, 0.3) is 0 Å². The molecule has 1 aromatic heterocycles. The Labute approximate surface area is 208 Å². The zero-order valence-electron chi connectivity index (χ0n) is 21.1. The predicted octanol–water partition coefficient (Wildman–Crippen LogP) is 5.62. The summed E-state index contributed by atoms with van der Waals surface area (Å²) < 4.78 is 24.9. The summed E-state index contributed by atoms with van der Waals surface area (Å²) in [6, 6.07) is 9.85. The van der Waals surface area contributed by atoms with Crippen LogP contribution in [0.3, 0.4) is 0 Å². The van der Waals surface area contributed by atoms with Crippen molar-refractivity contribution in [3.05, 3.63) is 59.3 Å². The molecule has 0 aliphatic carbocycles. The Bertz CT molecular complexity index is 921. The fourth-order valence-corrected chi connectivity index (χ4v) is 4.39. The molecule has 1 aliphatic heterocycles. The molecule has 192 valence electrons. The highest BCUT2D eigenvalue weighted by Gasteiger charge is 2.26. The topological polar surface area (TPSA) is 63.0 Å². The smallest absolute Gasteiger partial charge is 0.242 e. The summed E-state index contributed by atoms with van der Waals surface area (Å²) in [7, 11) is 0. The van der Waals surface area contributed by atoms with Crippen molar-refractivity contribution in [1.82, 2.24) is 9.80 Å². The van der Waals surface area contributed by atoms with Crippen molar-refractivity contribution in [1.29, 1.82) is 0 Å². The van der Waals surface area contributed by atoms with E-state index in [-0.39, 0.29) is 36.8 Å². The minimum Gasteiger partial charge on any atom is -0.464 e. The van der Waals surface area contributed by atoms with Crippen LogP contribution < -0.4 is 0 Å². The van der Waals surface area contributed by atoms with Crippen LogP contribution in [0, 0.1) is 12.7 Å². The number of ether oxygens (including phenoxy) is 1. The van der Waals surface area contributed by atoms with E-state index in [9.17, 15) is 14.0 Å². The molecule has 1 saturated heterocycles. The van der Waals surface area contributed by atoms with Gasteiger partial charge in [0.1, 0.15) is 17.3 Å². The maximum absolute atomic E-state index is 13.5. The fraction of sp³-hybridized carbons (Fsp3) is 0.571. The molecule has 0 spiro atoms. The van der Waals surface area contributed by atoms with Crippen molar-refractivity contribution in [2.75, 3.05) is 19.7 Å². The van der Waals surface area contributed by atoms with Crippen LogP contribution in [0.5, 0.6) is 0 Å². The number of hydrogen-bond donors (Lipinski definition) is 0. The van der Waals surface area contributed by atoms with Crippen LogP contribution in [0.2, 0.25) is 0 Å². The molecule has 3 rings (SSSR count). The van der Waals surface area contributed by atoms with Gasteiger partial charge >= 0.3 is 0 Å². The van der Waals surface area contributed by atoms with Gasteiger partial charge < -0.3 is 19.0 Å². The van der Waals surface area contributed by atoms with Crippen LogP contribution in [0.4, 0.5) is 4.39 Å². The van der Waals surface area contributed by atoms with Crippen molar-refractivity contribution in [3.8, 4) is 0 Å². The Morgan fingerprint density at radius 3 is 2.40 bits per heavy atom. The van der Waals surface area contributed by atoms with Gasteiger partial charge in [0.05, 0.1) is 19.2 Å². The third-order valence-corrected chi connectivity index (χ3v) is 6.40. The van der Waals surface area contributed by atoms with Gasteiger partial charge in [-0.05, 0) is 56.0 Å². The molecule has 0 radical (unpaired) electrons. The summed E-state index contributed by atoms with van der Waals surface area (Å²) in [5.41, 5.74) is 0.816. The number of benzene rings is 1. The molecule has 1 aliphatic rings. The van der Waals surface area contributed by atoms with Gasteiger partial charge in [-0.3, -0.25) is 9.59 Å². The van der Waals surface area contributed by atoms with Gasteiger partial charge in [0.25, 0.3) is 0 Å². The maximum Gasteiger partial charge on any atom is 0.242 e. The van der Waals surface area contributed by atoms with E-state index < -0.39 is 0 Å². The average molecular weight is 487 g/mol. The number of rotatable bonds is 14. The number of amides is 2. The zero-order chi connectivity index (χ0) is 25.0. The molecule has 1 unspecified atom stereocenters. The fourth-order valence-electron chi connectivity index (χ4n) is 4.39. The lowest BCUT2D eigenvalue weighted by Gasteiger charge is -2.29. The number of halogens is 1. The van der Waals surface area contributed by atoms with E-state index in [1.54, 1.807) is 21.9 Å². The van der Waals surface area contributed by atoms with Gasteiger partial charge in [-0.1, -0.05) is 44.7 Å². The molecule has 2 amide bonds. The van der Waals surface area contributed by atoms with Gasteiger partial charge in [0.15, 0.2) is 0 Å². The minimum absolute atomic E-state index is 0.000855. The van der Waals surface area contributed by atoms with Crippen LogP contribution in [-0.2, 0) is 27.4 Å². The SMILES string of the molecule is CCCCCCCC(=O)N(CC(=O)N(Cc1ccc(F)cc1)Cc1ccc(C)o1)CC1CCCO1. The third-order valence-electron chi connectivity index (χ3n) is 6.40. The Morgan fingerprint density at radius 2 is 1.74 bits per heavy atom. The Hall–Kier alpha value is -2.67. The number of nitrogens with zero attached hydrogens (tertiary/aromatic N) is 2.